The summed E-state index contributed by atoms with van der Waals surface area (Å²) in [6.07, 6.45) is 5.99. The SMILES string of the molecule is C=C(F)C(=O)N1CC2(CCN(c3nc(OC4CC5(C4)CN(C4CCC4)C5)nc4c(OCC(F)(F)F)c(-c5c(C)ccc6[nH]ncc56)c(C5CC5)cc34)CC2)C1. The number of carbonyl (C=O) groups excluding carboxylic acids is 1. The van der Waals surface area contributed by atoms with Crippen LogP contribution in [0.25, 0.3) is 32.9 Å². The van der Waals surface area contributed by atoms with Gasteiger partial charge in [-0.3, -0.25) is 14.8 Å². The van der Waals surface area contributed by atoms with Gasteiger partial charge in [-0.15, -0.1) is 0 Å². The quantitative estimate of drug-likeness (QED) is 0.138. The summed E-state index contributed by atoms with van der Waals surface area (Å²) < 4.78 is 68.4. The van der Waals surface area contributed by atoms with Crippen LogP contribution >= 0.6 is 0 Å². The third kappa shape index (κ3) is 6.09. The van der Waals surface area contributed by atoms with E-state index in [1.54, 1.807) is 6.20 Å². The van der Waals surface area contributed by atoms with E-state index in [-0.39, 0.29) is 34.6 Å². The number of aromatic nitrogens is 4. The summed E-state index contributed by atoms with van der Waals surface area (Å²) >= 11 is 0. The van der Waals surface area contributed by atoms with Crippen molar-refractivity contribution in [1.29, 1.82) is 0 Å². The molecule has 6 aliphatic rings. The van der Waals surface area contributed by atoms with Gasteiger partial charge in [0, 0.05) is 72.5 Å². The van der Waals surface area contributed by atoms with Crippen LogP contribution in [0.3, 0.4) is 0 Å². The first-order chi connectivity index (χ1) is 26.4. The molecule has 5 heterocycles. The number of ether oxygens (including phenoxy) is 2. The molecule has 290 valence electrons. The third-order valence-electron chi connectivity index (χ3n) is 13.4. The predicted molar refractivity (Wildman–Crippen MR) is 199 cm³/mol. The number of likely N-dealkylation sites (tertiary alicyclic amines) is 2. The fourth-order valence-electron chi connectivity index (χ4n) is 10.1. The van der Waals surface area contributed by atoms with E-state index in [4.69, 9.17) is 19.4 Å². The number of amides is 1. The second kappa shape index (κ2) is 12.5. The maximum absolute atomic E-state index is 14.1. The first kappa shape index (κ1) is 35.0. The molecule has 55 heavy (non-hydrogen) atoms. The first-order valence-corrected chi connectivity index (χ1v) is 19.7. The number of aryl methyl sites for hydroxylation is 1. The zero-order valence-electron chi connectivity index (χ0n) is 31.0. The number of nitrogens with zero attached hydrogens (tertiary/aromatic N) is 6. The lowest BCUT2D eigenvalue weighted by Crippen LogP contribution is -2.67. The van der Waals surface area contributed by atoms with Crippen molar-refractivity contribution in [2.45, 2.75) is 89.0 Å². The molecule has 6 fully saturated rings. The van der Waals surface area contributed by atoms with Crippen molar-refractivity contribution in [3.8, 4) is 22.9 Å². The number of fused-ring (bicyclic) bond motifs is 2. The molecule has 2 aromatic heterocycles. The highest BCUT2D eigenvalue weighted by Gasteiger charge is 2.55. The number of halogens is 4. The molecular formula is C41H45F4N7O3. The molecule has 3 aliphatic carbocycles. The predicted octanol–water partition coefficient (Wildman–Crippen LogP) is 7.61. The van der Waals surface area contributed by atoms with Crippen LogP contribution in [0.4, 0.5) is 23.4 Å². The Balaban J connectivity index is 1.06. The number of hydrogen-bond donors (Lipinski definition) is 1. The van der Waals surface area contributed by atoms with Crippen molar-refractivity contribution in [2.75, 3.05) is 50.8 Å². The van der Waals surface area contributed by atoms with Gasteiger partial charge in [0.05, 0.1) is 11.7 Å². The van der Waals surface area contributed by atoms with E-state index in [1.165, 1.54) is 24.2 Å². The van der Waals surface area contributed by atoms with E-state index in [2.05, 4.69) is 32.6 Å². The Labute approximate surface area is 316 Å². The van der Waals surface area contributed by atoms with Gasteiger partial charge in [0.2, 0.25) is 0 Å². The zero-order chi connectivity index (χ0) is 37.9. The minimum atomic E-state index is -4.59. The van der Waals surface area contributed by atoms with E-state index < -0.39 is 24.5 Å². The number of carbonyl (C=O) groups is 1. The number of benzene rings is 2. The first-order valence-electron chi connectivity index (χ1n) is 19.7. The Kier molecular flexibility index (Phi) is 7.97. The summed E-state index contributed by atoms with van der Waals surface area (Å²) in [6, 6.07) is 6.80. The summed E-state index contributed by atoms with van der Waals surface area (Å²) in [5, 5.41) is 8.73. The Morgan fingerprint density at radius 1 is 1.00 bits per heavy atom. The average Bonchev–Trinajstić information content (AvgIpc) is 3.82. The number of piperidine rings is 1. The van der Waals surface area contributed by atoms with Gasteiger partial charge in [-0.1, -0.05) is 19.1 Å². The largest absolute Gasteiger partial charge is 0.481 e. The molecule has 3 saturated carbocycles. The number of H-pyrrole nitrogens is 1. The average molecular weight is 760 g/mol. The van der Waals surface area contributed by atoms with Crippen LogP contribution in [0.15, 0.2) is 36.8 Å². The van der Waals surface area contributed by atoms with E-state index in [1.807, 2.05) is 19.1 Å². The lowest BCUT2D eigenvalue weighted by molar-refractivity contribution is -0.153. The highest BCUT2D eigenvalue weighted by atomic mass is 19.4. The van der Waals surface area contributed by atoms with Gasteiger partial charge in [0.25, 0.3) is 5.91 Å². The minimum Gasteiger partial charge on any atom is -0.481 e. The van der Waals surface area contributed by atoms with Crippen molar-refractivity contribution < 1.29 is 31.8 Å². The molecular weight excluding hydrogens is 714 g/mol. The van der Waals surface area contributed by atoms with Crippen molar-refractivity contribution in [3.63, 3.8) is 0 Å². The highest BCUT2D eigenvalue weighted by Crippen LogP contribution is 2.55. The number of nitrogens with one attached hydrogen (secondary N) is 1. The highest BCUT2D eigenvalue weighted by molar-refractivity contribution is 6.06. The number of rotatable bonds is 9. The van der Waals surface area contributed by atoms with Gasteiger partial charge in [-0.05, 0) is 93.0 Å². The molecule has 2 aromatic carbocycles. The Bertz CT molecular complexity index is 2200. The second-order valence-corrected chi connectivity index (χ2v) is 17.4. The van der Waals surface area contributed by atoms with Crippen LogP contribution in [0.1, 0.15) is 74.8 Å². The fraction of sp³-hybridized carbons (Fsp3) is 0.561. The van der Waals surface area contributed by atoms with Crippen LogP contribution in [-0.2, 0) is 4.79 Å². The minimum absolute atomic E-state index is 0.0790. The van der Waals surface area contributed by atoms with Gasteiger partial charge in [0.15, 0.2) is 18.2 Å². The molecule has 0 atom stereocenters. The van der Waals surface area contributed by atoms with Crippen LogP contribution in [0.5, 0.6) is 11.8 Å². The van der Waals surface area contributed by atoms with E-state index in [0.29, 0.717) is 54.5 Å². The zero-order valence-corrected chi connectivity index (χ0v) is 31.0. The van der Waals surface area contributed by atoms with Crippen LogP contribution in [0.2, 0.25) is 0 Å². The van der Waals surface area contributed by atoms with Gasteiger partial charge < -0.3 is 19.3 Å². The number of hydrogen-bond acceptors (Lipinski definition) is 8. The van der Waals surface area contributed by atoms with Gasteiger partial charge in [0.1, 0.15) is 17.4 Å². The van der Waals surface area contributed by atoms with E-state index >= 15 is 0 Å². The maximum atomic E-state index is 14.1. The van der Waals surface area contributed by atoms with Crippen molar-refractivity contribution in [2.24, 2.45) is 10.8 Å². The second-order valence-electron chi connectivity index (χ2n) is 17.4. The van der Waals surface area contributed by atoms with E-state index in [0.717, 1.165) is 79.2 Å². The van der Waals surface area contributed by atoms with E-state index in [9.17, 15) is 22.4 Å². The molecule has 3 saturated heterocycles. The van der Waals surface area contributed by atoms with Gasteiger partial charge in [-0.25, -0.2) is 4.39 Å². The molecule has 0 radical (unpaired) electrons. The van der Waals surface area contributed by atoms with Crippen LogP contribution < -0.4 is 14.4 Å². The molecule has 10 nitrogen and oxygen atoms in total. The topological polar surface area (TPSA) is 99.7 Å². The Morgan fingerprint density at radius 3 is 2.40 bits per heavy atom. The van der Waals surface area contributed by atoms with Gasteiger partial charge >= 0.3 is 12.2 Å². The monoisotopic (exact) mass is 759 g/mol. The molecule has 2 spiro atoms. The number of aromatic amines is 1. The lowest BCUT2D eigenvalue weighted by Gasteiger charge is -2.61. The molecule has 4 aromatic rings. The third-order valence-corrected chi connectivity index (χ3v) is 13.4. The smallest absolute Gasteiger partial charge is 0.422 e. The summed E-state index contributed by atoms with van der Waals surface area (Å²) in [7, 11) is 0. The Hall–Kier alpha value is -4.46. The molecule has 0 unspecified atom stereocenters. The lowest BCUT2D eigenvalue weighted by atomic mass is 9.61. The summed E-state index contributed by atoms with van der Waals surface area (Å²) in [4.78, 5) is 28.5. The molecule has 1 N–H and O–H groups in total. The molecule has 1 amide bonds. The summed E-state index contributed by atoms with van der Waals surface area (Å²) in [6.45, 7) is 7.94. The molecule has 14 heteroatoms. The summed E-state index contributed by atoms with van der Waals surface area (Å²) in [5.74, 6) is -0.791. The summed E-state index contributed by atoms with van der Waals surface area (Å²) in [5.41, 5.74) is 4.37. The van der Waals surface area contributed by atoms with Gasteiger partial charge in [-0.2, -0.15) is 28.2 Å². The number of anilines is 1. The molecule has 10 rings (SSSR count). The van der Waals surface area contributed by atoms with Crippen LogP contribution in [0, 0.1) is 17.8 Å². The Morgan fingerprint density at radius 2 is 1.75 bits per heavy atom. The van der Waals surface area contributed by atoms with Crippen molar-refractivity contribution >= 4 is 33.5 Å². The molecule has 0 bridgehead atoms. The van der Waals surface area contributed by atoms with Crippen molar-refractivity contribution in [3.05, 3.63) is 47.9 Å². The van der Waals surface area contributed by atoms with Crippen molar-refractivity contribution in [1.82, 2.24) is 30.0 Å². The standard InChI is InChI=1S/C41H45F4N7O3/c1-23-6-9-31-30(17-46-49-31)32(23)33-28(25-7-8-25)14-29-34(35(33)54-22-41(43,44)45)47-38(55-27-15-40(16-27)20-51(21-40)26-4-3-5-26)48-36(29)50-12-10-39(11-13-50)18-52(19-39)37(53)24(2)42/h6,9,14,17,25-27H,2-5,7-8,10-13,15-16,18-22H2,1H3,(H,46,49). The normalized spacial score (nSPS) is 22.4. The number of alkyl halides is 3. The fourth-order valence-corrected chi connectivity index (χ4v) is 10.1. The molecule has 3 aliphatic heterocycles. The van der Waals surface area contributed by atoms with Crippen LogP contribution in [-0.4, -0.2) is 100 Å². The maximum Gasteiger partial charge on any atom is 0.422 e.